The molecule has 2 aromatic rings. The third kappa shape index (κ3) is 4.34. The summed E-state index contributed by atoms with van der Waals surface area (Å²) in [7, 11) is 1.58. The number of amides is 1. The highest BCUT2D eigenvalue weighted by Gasteiger charge is 2.22. The van der Waals surface area contributed by atoms with E-state index in [1.54, 1.807) is 19.3 Å². The maximum atomic E-state index is 11.8. The number of thioether (sulfide) groups is 1. The average Bonchev–Trinajstić information content (AvgIpc) is 2.91. The predicted molar refractivity (Wildman–Crippen MR) is 105 cm³/mol. The lowest BCUT2D eigenvalue weighted by atomic mass is 10.2. The molecule has 0 saturated carbocycles. The number of hydrogen-bond donors (Lipinski definition) is 1. The molecule has 1 amide bonds. The molecule has 1 heterocycles. The highest BCUT2D eigenvalue weighted by atomic mass is 35.5. The van der Waals surface area contributed by atoms with Gasteiger partial charge >= 0.3 is 0 Å². The smallest absolute Gasteiger partial charge is 0.263 e. The highest BCUT2D eigenvalue weighted by molar-refractivity contribution is 8.26. The first kappa shape index (κ1) is 17.8. The molecule has 0 aromatic heterocycles. The van der Waals surface area contributed by atoms with Gasteiger partial charge in [0.2, 0.25) is 0 Å². The van der Waals surface area contributed by atoms with E-state index in [1.165, 1.54) is 11.8 Å². The molecular weight excluding hydrogens is 378 g/mol. The molecule has 0 aliphatic carbocycles. The Morgan fingerprint density at radius 1 is 1.24 bits per heavy atom. The molecule has 2 aromatic carbocycles. The van der Waals surface area contributed by atoms with Crippen molar-refractivity contribution >= 4 is 51.9 Å². The standard InChI is InChI=1S/C18H14ClNO3S2/c1-22-14-7-6-11(9-16-17(21)20-18(24)25-16)8-15(14)23-10-12-4-2-3-5-13(12)19/h2-9H,10H2,1H3,(H,20,21,24). The van der Waals surface area contributed by atoms with Crippen molar-refractivity contribution in [3.63, 3.8) is 0 Å². The quantitative estimate of drug-likeness (QED) is 0.604. The molecular formula is C18H14ClNO3S2. The van der Waals surface area contributed by atoms with Gasteiger partial charge in [-0.15, -0.1) is 0 Å². The minimum absolute atomic E-state index is 0.190. The van der Waals surface area contributed by atoms with Crippen LogP contribution < -0.4 is 14.8 Å². The monoisotopic (exact) mass is 391 g/mol. The van der Waals surface area contributed by atoms with Crippen molar-refractivity contribution in [1.82, 2.24) is 5.32 Å². The fourth-order valence-corrected chi connectivity index (χ4v) is 3.47. The maximum Gasteiger partial charge on any atom is 0.263 e. The molecule has 1 saturated heterocycles. The van der Waals surface area contributed by atoms with Gasteiger partial charge in [-0.05, 0) is 29.8 Å². The molecule has 25 heavy (non-hydrogen) atoms. The second kappa shape index (κ2) is 7.91. The maximum absolute atomic E-state index is 11.8. The number of nitrogens with one attached hydrogen (secondary N) is 1. The van der Waals surface area contributed by atoms with Gasteiger partial charge in [0, 0.05) is 10.6 Å². The van der Waals surface area contributed by atoms with E-state index in [0.29, 0.717) is 32.4 Å². The van der Waals surface area contributed by atoms with Crippen molar-refractivity contribution < 1.29 is 14.3 Å². The van der Waals surface area contributed by atoms with Gasteiger partial charge in [0.25, 0.3) is 5.91 Å². The van der Waals surface area contributed by atoms with Crippen LogP contribution in [-0.4, -0.2) is 17.3 Å². The van der Waals surface area contributed by atoms with Crippen molar-refractivity contribution in [3.05, 3.63) is 63.5 Å². The molecule has 1 N–H and O–H groups in total. The summed E-state index contributed by atoms with van der Waals surface area (Å²) in [6, 6.07) is 13.0. The van der Waals surface area contributed by atoms with Crippen LogP contribution in [0.5, 0.6) is 11.5 Å². The molecule has 0 atom stereocenters. The largest absolute Gasteiger partial charge is 0.493 e. The second-order valence-electron chi connectivity index (χ2n) is 5.14. The van der Waals surface area contributed by atoms with Crippen molar-refractivity contribution in [2.24, 2.45) is 0 Å². The number of carbonyl (C=O) groups excluding carboxylic acids is 1. The summed E-state index contributed by atoms with van der Waals surface area (Å²) >= 11 is 12.4. The van der Waals surface area contributed by atoms with Gasteiger partial charge in [-0.25, -0.2) is 0 Å². The number of benzene rings is 2. The van der Waals surface area contributed by atoms with Crippen molar-refractivity contribution in [2.45, 2.75) is 6.61 Å². The highest BCUT2D eigenvalue weighted by Crippen LogP contribution is 2.32. The van der Waals surface area contributed by atoms with Crippen LogP contribution >= 0.6 is 35.6 Å². The zero-order valence-corrected chi connectivity index (χ0v) is 15.6. The Morgan fingerprint density at radius 3 is 2.72 bits per heavy atom. The molecule has 4 nitrogen and oxygen atoms in total. The third-order valence-electron chi connectivity index (χ3n) is 3.47. The molecule has 1 aliphatic heterocycles. The summed E-state index contributed by atoms with van der Waals surface area (Å²) < 4.78 is 11.7. The van der Waals surface area contributed by atoms with E-state index in [4.69, 9.17) is 33.3 Å². The number of hydrogen-bond acceptors (Lipinski definition) is 5. The van der Waals surface area contributed by atoms with Crippen LogP contribution in [0.15, 0.2) is 47.4 Å². The normalized spacial score (nSPS) is 15.4. The molecule has 3 rings (SSSR count). The molecule has 1 fully saturated rings. The Balaban J connectivity index is 1.83. The van der Waals surface area contributed by atoms with Gasteiger partial charge in [0.05, 0.1) is 12.0 Å². The fourth-order valence-electron chi connectivity index (χ4n) is 2.24. The summed E-state index contributed by atoms with van der Waals surface area (Å²) in [4.78, 5) is 12.3. The van der Waals surface area contributed by atoms with E-state index in [-0.39, 0.29) is 5.91 Å². The minimum atomic E-state index is -0.190. The lowest BCUT2D eigenvalue weighted by molar-refractivity contribution is -0.115. The van der Waals surface area contributed by atoms with Crippen molar-refractivity contribution in [3.8, 4) is 11.5 Å². The first-order chi connectivity index (χ1) is 12.1. The summed E-state index contributed by atoms with van der Waals surface area (Å²) in [5.74, 6) is 0.986. The summed E-state index contributed by atoms with van der Waals surface area (Å²) in [6.45, 7) is 0.315. The first-order valence-electron chi connectivity index (χ1n) is 7.36. The summed E-state index contributed by atoms with van der Waals surface area (Å²) in [5, 5.41) is 3.24. The molecule has 0 unspecified atom stereocenters. The minimum Gasteiger partial charge on any atom is -0.493 e. The molecule has 0 bridgehead atoms. The Bertz CT molecular complexity index is 867. The van der Waals surface area contributed by atoms with Gasteiger partial charge in [-0.2, -0.15) is 0 Å². The van der Waals surface area contributed by atoms with Gasteiger partial charge in [-0.3, -0.25) is 4.79 Å². The van der Waals surface area contributed by atoms with Gasteiger partial charge < -0.3 is 14.8 Å². The number of carbonyl (C=O) groups is 1. The van der Waals surface area contributed by atoms with Crippen LogP contribution in [0.4, 0.5) is 0 Å². The van der Waals surface area contributed by atoms with Gasteiger partial charge in [0.1, 0.15) is 10.9 Å². The van der Waals surface area contributed by atoms with Crippen LogP contribution in [0.1, 0.15) is 11.1 Å². The Hall–Kier alpha value is -2.02. The van der Waals surface area contributed by atoms with Gasteiger partial charge in [0.15, 0.2) is 11.5 Å². The SMILES string of the molecule is COc1ccc(C=C2SC(=S)NC2=O)cc1OCc1ccccc1Cl. The van der Waals surface area contributed by atoms with Crippen LogP contribution in [-0.2, 0) is 11.4 Å². The lowest BCUT2D eigenvalue weighted by Crippen LogP contribution is -2.17. The van der Waals surface area contributed by atoms with E-state index < -0.39 is 0 Å². The number of thiocarbonyl (C=S) groups is 1. The lowest BCUT2D eigenvalue weighted by Gasteiger charge is -2.12. The zero-order chi connectivity index (χ0) is 17.8. The van der Waals surface area contributed by atoms with E-state index >= 15 is 0 Å². The average molecular weight is 392 g/mol. The van der Waals surface area contributed by atoms with E-state index in [1.807, 2.05) is 36.4 Å². The number of methoxy groups -OCH3 is 1. The number of rotatable bonds is 5. The van der Waals surface area contributed by atoms with Crippen LogP contribution in [0.25, 0.3) is 6.08 Å². The zero-order valence-electron chi connectivity index (χ0n) is 13.2. The van der Waals surface area contributed by atoms with Gasteiger partial charge in [-0.1, -0.05) is 59.8 Å². The van der Waals surface area contributed by atoms with E-state index in [0.717, 1.165) is 11.1 Å². The molecule has 7 heteroatoms. The molecule has 1 aliphatic rings. The predicted octanol–water partition coefficient (Wildman–Crippen LogP) is 4.42. The second-order valence-corrected chi connectivity index (χ2v) is 7.27. The number of ether oxygens (including phenoxy) is 2. The van der Waals surface area contributed by atoms with Crippen LogP contribution in [0, 0.1) is 0 Å². The molecule has 0 radical (unpaired) electrons. The third-order valence-corrected chi connectivity index (χ3v) is 5.00. The van der Waals surface area contributed by atoms with E-state index in [9.17, 15) is 4.79 Å². The topological polar surface area (TPSA) is 47.6 Å². The van der Waals surface area contributed by atoms with Crippen LogP contribution in [0.3, 0.4) is 0 Å². The van der Waals surface area contributed by atoms with Crippen molar-refractivity contribution in [2.75, 3.05) is 7.11 Å². The Kier molecular flexibility index (Phi) is 5.63. The fraction of sp³-hybridized carbons (Fsp3) is 0.111. The first-order valence-corrected chi connectivity index (χ1v) is 8.96. The summed E-state index contributed by atoms with van der Waals surface area (Å²) in [6.07, 6.45) is 1.76. The molecule has 0 spiro atoms. The van der Waals surface area contributed by atoms with Crippen LogP contribution in [0.2, 0.25) is 5.02 Å². The summed E-state index contributed by atoms with van der Waals surface area (Å²) in [5.41, 5.74) is 1.70. The Morgan fingerprint density at radius 2 is 2.04 bits per heavy atom. The molecule has 128 valence electrons. The Labute approximate surface area is 160 Å². The van der Waals surface area contributed by atoms with Crippen molar-refractivity contribution in [1.29, 1.82) is 0 Å². The number of halogens is 1. The van der Waals surface area contributed by atoms with E-state index in [2.05, 4.69) is 5.32 Å².